The Morgan fingerprint density at radius 1 is 0.414 bits per heavy atom. The van der Waals surface area contributed by atoms with Crippen LogP contribution in [0.25, 0.3) is 115 Å². The summed E-state index contributed by atoms with van der Waals surface area (Å²) in [6.07, 6.45) is 0. The molecule has 0 saturated heterocycles. The largest absolute Gasteiger partial charge is 0.309 e. The van der Waals surface area contributed by atoms with Gasteiger partial charge in [0.25, 0.3) is 0 Å². The molecule has 0 fully saturated rings. The molecule has 5 heterocycles. The Labute approximate surface area is 340 Å². The number of para-hydroxylation sites is 5. The third-order valence-electron chi connectivity index (χ3n) is 11.4. The second kappa shape index (κ2) is 11.9. The van der Waals surface area contributed by atoms with E-state index in [0.29, 0.717) is 11.9 Å². The third-order valence-corrected chi connectivity index (χ3v) is 12.5. The van der Waals surface area contributed by atoms with E-state index in [9.17, 15) is 5.48 Å². The van der Waals surface area contributed by atoms with E-state index < -0.39 is 0 Å². The molecular formula is C51H30N6S. The van der Waals surface area contributed by atoms with E-state index >= 15 is 0 Å². The van der Waals surface area contributed by atoms with Gasteiger partial charge in [0.2, 0.25) is 11.9 Å². The summed E-state index contributed by atoms with van der Waals surface area (Å²) in [5.74, 6) is 0.661. The first kappa shape index (κ1) is 27.9. The van der Waals surface area contributed by atoms with Gasteiger partial charge in [0.1, 0.15) is 0 Å². The SMILES string of the molecule is [2H]c1c([2H])c(-c2nc(-n3c4ccccc4c4ccccc43)nc(-n3c4ccccc4c4ccccc43)n2)c([2H])c(-n2c3ccccc3c3ccc4sc5ccccc5c4c32)c1[2H]. The Hall–Kier alpha value is -7.61. The van der Waals surface area contributed by atoms with Crippen LogP contribution in [0, 0.1) is 0 Å². The predicted octanol–water partition coefficient (Wildman–Crippen LogP) is 13.2. The summed E-state index contributed by atoms with van der Waals surface area (Å²) in [6.45, 7) is 0. The zero-order chi connectivity index (χ0) is 41.4. The minimum atomic E-state index is -0.323. The number of aromatic nitrogens is 6. The minimum Gasteiger partial charge on any atom is -0.309 e. The highest BCUT2D eigenvalue weighted by molar-refractivity contribution is 7.26. The van der Waals surface area contributed by atoms with E-state index in [1.54, 1.807) is 11.3 Å². The van der Waals surface area contributed by atoms with Gasteiger partial charge in [-0.3, -0.25) is 9.13 Å². The first-order chi connectivity index (χ1) is 30.5. The van der Waals surface area contributed by atoms with Crippen molar-refractivity contribution in [2.75, 3.05) is 0 Å². The van der Waals surface area contributed by atoms with Crippen molar-refractivity contribution in [1.82, 2.24) is 28.7 Å². The molecule has 6 nitrogen and oxygen atoms in total. The highest BCUT2D eigenvalue weighted by Crippen LogP contribution is 2.43. The molecule has 8 aromatic carbocycles. The maximum Gasteiger partial charge on any atom is 0.240 e. The smallest absolute Gasteiger partial charge is 0.240 e. The van der Waals surface area contributed by atoms with Gasteiger partial charge in [-0.25, -0.2) is 0 Å². The molecule has 13 aromatic rings. The molecule has 58 heavy (non-hydrogen) atoms. The van der Waals surface area contributed by atoms with Crippen molar-refractivity contribution in [2.24, 2.45) is 0 Å². The molecular weight excluding hydrogens is 729 g/mol. The topological polar surface area (TPSA) is 53.5 Å². The average molecular weight is 763 g/mol. The number of rotatable bonds is 4. The number of nitrogens with zero attached hydrogens (tertiary/aromatic N) is 6. The Kier molecular flexibility index (Phi) is 5.74. The van der Waals surface area contributed by atoms with Gasteiger partial charge in [0, 0.05) is 63.7 Å². The molecule has 0 spiro atoms. The lowest BCUT2D eigenvalue weighted by Crippen LogP contribution is -2.10. The van der Waals surface area contributed by atoms with Crippen LogP contribution < -0.4 is 0 Å². The lowest BCUT2D eigenvalue weighted by Gasteiger charge is -2.14. The van der Waals surface area contributed by atoms with Crippen molar-refractivity contribution >= 4 is 96.9 Å². The maximum atomic E-state index is 10.2. The van der Waals surface area contributed by atoms with Crippen LogP contribution in [-0.4, -0.2) is 28.7 Å². The zero-order valence-electron chi connectivity index (χ0n) is 34.6. The van der Waals surface area contributed by atoms with Crippen molar-refractivity contribution < 1.29 is 5.48 Å². The molecule has 0 aliphatic heterocycles. The number of thiophene rings is 1. The number of hydrogen-bond donors (Lipinski definition) is 0. The van der Waals surface area contributed by atoms with Crippen LogP contribution in [0.4, 0.5) is 0 Å². The molecule has 7 heteroatoms. The number of fused-ring (bicyclic) bond motifs is 13. The van der Waals surface area contributed by atoms with Gasteiger partial charge in [0.05, 0.1) is 38.6 Å². The molecule has 0 bridgehead atoms. The van der Waals surface area contributed by atoms with Crippen molar-refractivity contribution in [3.05, 3.63) is 182 Å². The predicted molar refractivity (Wildman–Crippen MR) is 241 cm³/mol. The molecule has 270 valence electrons. The normalized spacial score (nSPS) is 13.1. The summed E-state index contributed by atoms with van der Waals surface area (Å²) in [5.41, 5.74) is 5.41. The van der Waals surface area contributed by atoms with Gasteiger partial charge in [-0.1, -0.05) is 127 Å². The number of hydrogen-bond acceptors (Lipinski definition) is 4. The Morgan fingerprint density at radius 2 is 0.879 bits per heavy atom. The fourth-order valence-corrected chi connectivity index (χ4v) is 10.1. The molecule has 0 aliphatic rings. The van der Waals surface area contributed by atoms with Gasteiger partial charge < -0.3 is 4.57 Å². The van der Waals surface area contributed by atoms with Crippen molar-refractivity contribution in [1.29, 1.82) is 0 Å². The Morgan fingerprint density at radius 3 is 1.43 bits per heavy atom. The summed E-state index contributed by atoms with van der Waals surface area (Å²) < 4.78 is 46.9. The van der Waals surface area contributed by atoms with Crippen LogP contribution in [-0.2, 0) is 0 Å². The fraction of sp³-hybridized carbons (Fsp3) is 0. The van der Waals surface area contributed by atoms with Crippen molar-refractivity contribution in [2.45, 2.75) is 0 Å². The average Bonchev–Trinajstić information content (AvgIpc) is 4.05. The summed E-state index contributed by atoms with van der Waals surface area (Å²) in [6, 6.07) is 52.1. The van der Waals surface area contributed by atoms with Gasteiger partial charge in [0.15, 0.2) is 5.82 Å². The molecule has 0 aliphatic carbocycles. The zero-order valence-corrected chi connectivity index (χ0v) is 31.4. The summed E-state index contributed by atoms with van der Waals surface area (Å²) in [5, 5.41) is 8.14. The second-order valence-corrected chi connectivity index (χ2v) is 15.6. The molecule has 0 amide bonds. The van der Waals surface area contributed by atoms with Gasteiger partial charge in [-0.2, -0.15) is 15.0 Å². The highest BCUT2D eigenvalue weighted by Gasteiger charge is 2.22. The molecule has 0 atom stereocenters. The van der Waals surface area contributed by atoms with Crippen LogP contribution >= 0.6 is 11.3 Å². The molecule has 0 N–H and O–H groups in total. The molecule has 13 rings (SSSR count). The van der Waals surface area contributed by atoms with Crippen LogP contribution in [0.15, 0.2) is 182 Å². The monoisotopic (exact) mass is 762 g/mol. The standard InChI is InChI=1S/C51H30N6S/c1-8-23-41-33(16-1)34-17-2-9-24-42(34)56(41)50-52-49(53-51(54-50)57-43-25-10-3-18-35(43)36-19-4-11-26-44(36)57)31-14-13-15-32(30-31)55-40-22-7-5-20-37(40)38-28-29-46-47(48(38)55)39-21-6-12-27-45(39)58-46/h1-30H/i13D,14D,15D,30D. The second-order valence-electron chi connectivity index (χ2n) is 14.5. The van der Waals surface area contributed by atoms with Crippen LogP contribution in [0.1, 0.15) is 5.48 Å². The minimum absolute atomic E-state index is 0.0423. The van der Waals surface area contributed by atoms with E-state index in [1.807, 2.05) is 117 Å². The van der Waals surface area contributed by atoms with E-state index in [4.69, 9.17) is 15.0 Å². The lowest BCUT2D eigenvalue weighted by molar-refractivity contribution is 0.892. The van der Waals surface area contributed by atoms with Crippen molar-refractivity contribution in [3.8, 4) is 29.0 Å². The van der Waals surface area contributed by atoms with Crippen LogP contribution in [0.2, 0.25) is 0 Å². The molecule has 0 saturated carbocycles. The Balaban J connectivity index is 1.18. The van der Waals surface area contributed by atoms with Gasteiger partial charge in [-0.05, 0) is 54.5 Å². The third kappa shape index (κ3) is 4.39. The number of benzene rings is 8. The van der Waals surface area contributed by atoms with E-state index in [0.717, 1.165) is 85.6 Å². The van der Waals surface area contributed by atoms with Crippen molar-refractivity contribution in [3.63, 3.8) is 0 Å². The Bertz CT molecular complexity index is 3830. The molecule has 0 unspecified atom stereocenters. The highest BCUT2D eigenvalue weighted by atomic mass is 32.1. The summed E-state index contributed by atoms with van der Waals surface area (Å²) in [4.78, 5) is 15.6. The molecule has 5 aromatic heterocycles. The van der Waals surface area contributed by atoms with Crippen LogP contribution in [0.3, 0.4) is 0 Å². The summed E-state index contributed by atoms with van der Waals surface area (Å²) >= 11 is 1.70. The van der Waals surface area contributed by atoms with E-state index in [-0.39, 0.29) is 41.2 Å². The maximum absolute atomic E-state index is 10.2. The first-order valence-electron chi connectivity index (χ1n) is 21.1. The summed E-state index contributed by atoms with van der Waals surface area (Å²) in [7, 11) is 0. The van der Waals surface area contributed by atoms with E-state index in [2.05, 4.69) is 54.6 Å². The lowest BCUT2D eigenvalue weighted by atomic mass is 10.1. The van der Waals surface area contributed by atoms with Gasteiger partial charge in [-0.15, -0.1) is 11.3 Å². The van der Waals surface area contributed by atoms with Crippen LogP contribution in [0.5, 0.6) is 0 Å². The van der Waals surface area contributed by atoms with E-state index in [1.165, 1.54) is 0 Å². The first-order valence-corrected chi connectivity index (χ1v) is 20.0. The molecule has 0 radical (unpaired) electrons. The fourth-order valence-electron chi connectivity index (χ4n) is 9.00. The quantitative estimate of drug-likeness (QED) is 0.179. The van der Waals surface area contributed by atoms with Gasteiger partial charge >= 0.3 is 0 Å².